The molecule has 7 heteroatoms. The lowest BCUT2D eigenvalue weighted by molar-refractivity contribution is -0.141. The van der Waals surface area contributed by atoms with Crippen LogP contribution in [0.25, 0.3) is 0 Å². The molecule has 3 atom stereocenters. The van der Waals surface area contributed by atoms with Crippen molar-refractivity contribution in [3.8, 4) is 11.5 Å². The Hall–Kier alpha value is -2.93. The normalized spacial score (nSPS) is 20.8. The van der Waals surface area contributed by atoms with Crippen LogP contribution in [0.3, 0.4) is 0 Å². The molecule has 184 valence electrons. The third kappa shape index (κ3) is 5.95. The van der Waals surface area contributed by atoms with Gasteiger partial charge in [0.1, 0.15) is 0 Å². The molecule has 5 nitrogen and oxygen atoms in total. The standard InChI is InChI=1S/C27H32F2O5/c1-6-17(2)26(30)34-16-22-20(13-18-7-10-21(11-8-18)27(3,28)29)15-33-25(22)19-9-12-23(31-4)24(14-19)32-5/h6-12,14,20,22,25H,13,15-16H2,1-5H3/b17-6-/t20-,22-,25-/m0/s1. The van der Waals surface area contributed by atoms with Gasteiger partial charge in [-0.15, -0.1) is 0 Å². The molecule has 0 amide bonds. The highest BCUT2D eigenvalue weighted by Crippen LogP contribution is 2.42. The number of hydrogen-bond acceptors (Lipinski definition) is 5. The van der Waals surface area contributed by atoms with E-state index in [4.69, 9.17) is 18.9 Å². The minimum atomic E-state index is -2.88. The minimum absolute atomic E-state index is 0.0190. The molecule has 0 unspecified atom stereocenters. The lowest BCUT2D eigenvalue weighted by Crippen LogP contribution is -2.24. The molecular formula is C27H32F2O5. The van der Waals surface area contributed by atoms with Crippen molar-refractivity contribution in [3.63, 3.8) is 0 Å². The maximum Gasteiger partial charge on any atom is 0.333 e. The topological polar surface area (TPSA) is 54.0 Å². The van der Waals surface area contributed by atoms with Crippen LogP contribution in [0.1, 0.15) is 43.6 Å². The Morgan fingerprint density at radius 2 is 1.79 bits per heavy atom. The third-order valence-electron chi connectivity index (χ3n) is 6.34. The Morgan fingerprint density at radius 3 is 2.38 bits per heavy atom. The fraction of sp³-hybridized carbons (Fsp3) is 0.444. The number of allylic oxidation sites excluding steroid dienone is 1. The summed E-state index contributed by atoms with van der Waals surface area (Å²) < 4.78 is 49.8. The summed E-state index contributed by atoms with van der Waals surface area (Å²) in [6, 6.07) is 12.0. The van der Waals surface area contributed by atoms with Gasteiger partial charge in [0, 0.05) is 24.0 Å². The van der Waals surface area contributed by atoms with Gasteiger partial charge in [0.15, 0.2) is 11.5 Å². The maximum absolute atomic E-state index is 13.6. The smallest absolute Gasteiger partial charge is 0.333 e. The van der Waals surface area contributed by atoms with Crippen molar-refractivity contribution < 1.29 is 32.5 Å². The molecule has 2 aromatic carbocycles. The molecule has 1 heterocycles. The molecule has 0 radical (unpaired) electrons. The zero-order chi connectivity index (χ0) is 24.9. The summed E-state index contributed by atoms with van der Waals surface area (Å²) >= 11 is 0. The number of alkyl halides is 2. The lowest BCUT2D eigenvalue weighted by Gasteiger charge is -2.24. The van der Waals surface area contributed by atoms with Crippen molar-refractivity contribution in [2.45, 2.75) is 39.2 Å². The Labute approximate surface area is 199 Å². The van der Waals surface area contributed by atoms with E-state index in [0.29, 0.717) is 30.1 Å². The third-order valence-corrected chi connectivity index (χ3v) is 6.34. The first kappa shape index (κ1) is 25.7. The highest BCUT2D eigenvalue weighted by Gasteiger charge is 2.39. The van der Waals surface area contributed by atoms with Crippen molar-refractivity contribution >= 4 is 5.97 Å². The Kier molecular flexibility index (Phi) is 8.31. The van der Waals surface area contributed by atoms with Crippen molar-refractivity contribution in [1.29, 1.82) is 0 Å². The molecule has 0 aromatic heterocycles. The van der Waals surface area contributed by atoms with Crippen LogP contribution in [-0.2, 0) is 26.6 Å². The summed E-state index contributed by atoms with van der Waals surface area (Å²) in [5, 5.41) is 0. The second-order valence-corrected chi connectivity index (χ2v) is 8.65. The zero-order valence-electron chi connectivity index (χ0n) is 20.3. The molecule has 34 heavy (non-hydrogen) atoms. The summed E-state index contributed by atoms with van der Waals surface area (Å²) in [6.45, 7) is 5.02. The molecule has 1 saturated heterocycles. The van der Waals surface area contributed by atoms with Crippen molar-refractivity contribution in [3.05, 3.63) is 70.8 Å². The van der Waals surface area contributed by atoms with E-state index in [2.05, 4.69) is 0 Å². The van der Waals surface area contributed by atoms with E-state index in [1.54, 1.807) is 46.3 Å². The number of halogens is 2. The number of ether oxygens (including phenoxy) is 4. The monoisotopic (exact) mass is 474 g/mol. The second-order valence-electron chi connectivity index (χ2n) is 8.65. The van der Waals surface area contributed by atoms with Gasteiger partial charge in [0.2, 0.25) is 0 Å². The van der Waals surface area contributed by atoms with Crippen molar-refractivity contribution in [2.24, 2.45) is 11.8 Å². The molecule has 0 bridgehead atoms. The maximum atomic E-state index is 13.6. The number of carbonyl (C=O) groups is 1. The average Bonchev–Trinajstić information content (AvgIpc) is 3.23. The quantitative estimate of drug-likeness (QED) is 0.336. The fourth-order valence-electron chi connectivity index (χ4n) is 4.17. The average molecular weight is 475 g/mol. The predicted molar refractivity (Wildman–Crippen MR) is 125 cm³/mol. The van der Waals surface area contributed by atoms with Gasteiger partial charge in [0.05, 0.1) is 33.5 Å². The van der Waals surface area contributed by atoms with Crippen LogP contribution in [-0.4, -0.2) is 33.4 Å². The summed E-state index contributed by atoms with van der Waals surface area (Å²) in [6.07, 6.45) is 2.01. The molecule has 0 spiro atoms. The second kappa shape index (κ2) is 11.0. The molecule has 2 aromatic rings. The molecule has 1 aliphatic rings. The Morgan fingerprint density at radius 1 is 1.12 bits per heavy atom. The molecule has 1 aliphatic heterocycles. The highest BCUT2D eigenvalue weighted by molar-refractivity contribution is 5.87. The molecule has 0 aliphatic carbocycles. The van der Waals surface area contributed by atoms with Crippen LogP contribution in [0.4, 0.5) is 8.78 Å². The van der Waals surface area contributed by atoms with Gasteiger partial charge >= 0.3 is 5.97 Å². The molecule has 3 rings (SSSR count). The van der Waals surface area contributed by atoms with E-state index in [0.717, 1.165) is 18.1 Å². The van der Waals surface area contributed by atoms with E-state index >= 15 is 0 Å². The van der Waals surface area contributed by atoms with Crippen LogP contribution >= 0.6 is 0 Å². The predicted octanol–water partition coefficient (Wildman–Crippen LogP) is 5.87. The van der Waals surface area contributed by atoms with E-state index < -0.39 is 5.92 Å². The van der Waals surface area contributed by atoms with E-state index in [9.17, 15) is 13.6 Å². The van der Waals surface area contributed by atoms with E-state index in [1.807, 2.05) is 18.2 Å². The number of rotatable bonds is 9. The SMILES string of the molecule is C/C=C(/C)C(=O)OC[C@H]1[C@@H](Cc2ccc(C(C)(F)F)cc2)CO[C@H]1c1ccc(OC)c(OC)c1. The van der Waals surface area contributed by atoms with Gasteiger partial charge in [-0.25, -0.2) is 13.6 Å². The van der Waals surface area contributed by atoms with Gasteiger partial charge in [0.25, 0.3) is 5.92 Å². The summed E-state index contributed by atoms with van der Waals surface area (Å²) in [4.78, 5) is 12.3. The van der Waals surface area contributed by atoms with Crippen LogP contribution in [0.15, 0.2) is 54.1 Å². The molecular weight excluding hydrogens is 442 g/mol. The van der Waals surface area contributed by atoms with E-state index in [-0.39, 0.29) is 36.1 Å². The largest absolute Gasteiger partial charge is 0.493 e. The number of methoxy groups -OCH3 is 2. The number of hydrogen-bond donors (Lipinski definition) is 0. The van der Waals surface area contributed by atoms with Crippen molar-refractivity contribution in [2.75, 3.05) is 27.4 Å². The Balaban J connectivity index is 1.84. The summed E-state index contributed by atoms with van der Waals surface area (Å²) in [5.74, 6) is -2.14. The Bertz CT molecular complexity index is 1010. The van der Waals surface area contributed by atoms with Gasteiger partial charge in [-0.3, -0.25) is 0 Å². The van der Waals surface area contributed by atoms with Crippen LogP contribution in [0.2, 0.25) is 0 Å². The molecule has 0 saturated carbocycles. The minimum Gasteiger partial charge on any atom is -0.493 e. The van der Waals surface area contributed by atoms with Gasteiger partial charge in [-0.2, -0.15) is 0 Å². The van der Waals surface area contributed by atoms with Crippen LogP contribution in [0.5, 0.6) is 11.5 Å². The number of esters is 1. The highest BCUT2D eigenvalue weighted by atomic mass is 19.3. The van der Waals surface area contributed by atoms with E-state index in [1.165, 1.54) is 12.1 Å². The number of benzene rings is 2. The van der Waals surface area contributed by atoms with Crippen LogP contribution < -0.4 is 9.47 Å². The molecule has 1 fully saturated rings. The van der Waals surface area contributed by atoms with Crippen molar-refractivity contribution in [1.82, 2.24) is 0 Å². The first-order valence-electron chi connectivity index (χ1n) is 11.3. The van der Waals surface area contributed by atoms with Gasteiger partial charge < -0.3 is 18.9 Å². The fourth-order valence-corrected chi connectivity index (χ4v) is 4.17. The van der Waals surface area contributed by atoms with Gasteiger partial charge in [-0.1, -0.05) is 36.4 Å². The summed E-state index contributed by atoms with van der Waals surface area (Å²) in [5.41, 5.74) is 2.34. The van der Waals surface area contributed by atoms with Crippen LogP contribution in [0, 0.1) is 11.8 Å². The first-order chi connectivity index (χ1) is 16.2. The van der Waals surface area contributed by atoms with Gasteiger partial charge in [-0.05, 0) is 49.4 Å². The number of carbonyl (C=O) groups excluding carboxylic acids is 1. The summed E-state index contributed by atoms with van der Waals surface area (Å²) in [7, 11) is 3.15. The lowest BCUT2D eigenvalue weighted by atomic mass is 9.84. The zero-order valence-corrected chi connectivity index (χ0v) is 20.3. The first-order valence-corrected chi connectivity index (χ1v) is 11.3. The molecule has 0 N–H and O–H groups in total.